The molecular weight excluding hydrogens is 474 g/mol. The average molecular weight is 514 g/mol. The van der Waals surface area contributed by atoms with E-state index in [-0.39, 0.29) is 6.04 Å². The molecule has 0 bridgehead atoms. The number of aryl methyl sites for hydroxylation is 2. The number of primary amides is 1. The van der Waals surface area contributed by atoms with E-state index in [1.54, 1.807) is 26.8 Å². The molecule has 0 spiro atoms. The number of nitriles is 1. The van der Waals surface area contributed by atoms with Crippen LogP contribution in [0.15, 0.2) is 18.2 Å². The first-order valence-corrected chi connectivity index (χ1v) is 12.6. The maximum atomic E-state index is 13.8. The molecule has 1 aromatic rings. The SMILES string of the molecule is Cc1ccc(C(C(=O)NC2CCCCC2)N(CC#N)C(=O)C(CC(N)=O)NC(=O)OC(C)(C)C)c(C)c1. The van der Waals surface area contributed by atoms with E-state index in [9.17, 15) is 24.4 Å². The standard InChI is InChI=1S/C27H39N5O5/c1-17-11-12-20(18(2)15-17)23(24(34)30-19-9-7-6-8-10-19)32(14-13-28)25(35)21(16-22(29)33)31-26(36)37-27(3,4)5/h11-12,15,19,21,23H,6-10,14,16H2,1-5H3,(H2,29,33)(H,30,34)(H,31,36). The number of hydrogen-bond donors (Lipinski definition) is 3. The lowest BCUT2D eigenvalue weighted by Crippen LogP contribution is -2.55. The fraction of sp³-hybridized carbons (Fsp3) is 0.593. The third-order valence-electron chi connectivity index (χ3n) is 6.15. The Labute approximate surface area is 218 Å². The Bertz CT molecular complexity index is 1040. The summed E-state index contributed by atoms with van der Waals surface area (Å²) < 4.78 is 5.25. The summed E-state index contributed by atoms with van der Waals surface area (Å²) in [4.78, 5) is 52.8. The van der Waals surface area contributed by atoms with Gasteiger partial charge in [0.25, 0.3) is 0 Å². The van der Waals surface area contributed by atoms with E-state index in [0.717, 1.165) is 48.1 Å². The van der Waals surface area contributed by atoms with Gasteiger partial charge in [-0.2, -0.15) is 5.26 Å². The topological polar surface area (TPSA) is 155 Å². The zero-order valence-electron chi connectivity index (χ0n) is 22.4. The van der Waals surface area contributed by atoms with Crippen molar-refractivity contribution in [3.05, 3.63) is 34.9 Å². The van der Waals surface area contributed by atoms with E-state index in [4.69, 9.17) is 10.5 Å². The summed E-state index contributed by atoms with van der Waals surface area (Å²) in [5.41, 5.74) is 6.82. The number of hydrogen-bond acceptors (Lipinski definition) is 6. The molecule has 1 aliphatic rings. The Hall–Kier alpha value is -3.61. The Kier molecular flexibility index (Phi) is 10.5. The van der Waals surface area contributed by atoms with E-state index in [2.05, 4.69) is 10.6 Å². The average Bonchev–Trinajstić information content (AvgIpc) is 2.78. The molecule has 202 valence electrons. The third-order valence-corrected chi connectivity index (χ3v) is 6.15. The Morgan fingerprint density at radius 1 is 1.16 bits per heavy atom. The van der Waals surface area contributed by atoms with Gasteiger partial charge in [-0.1, -0.05) is 43.0 Å². The second-order valence-electron chi connectivity index (χ2n) is 10.6. The van der Waals surface area contributed by atoms with Crippen LogP contribution in [-0.4, -0.2) is 52.9 Å². The van der Waals surface area contributed by atoms with Crippen molar-refractivity contribution in [3.8, 4) is 6.07 Å². The van der Waals surface area contributed by atoms with Crippen molar-refractivity contribution in [2.75, 3.05) is 6.54 Å². The quantitative estimate of drug-likeness (QED) is 0.431. The number of rotatable bonds is 9. The van der Waals surface area contributed by atoms with Crippen molar-refractivity contribution < 1.29 is 23.9 Å². The zero-order chi connectivity index (χ0) is 27.8. The molecular formula is C27H39N5O5. The number of nitrogens with two attached hydrogens (primary N) is 1. The Morgan fingerprint density at radius 3 is 2.35 bits per heavy atom. The smallest absolute Gasteiger partial charge is 0.408 e. The van der Waals surface area contributed by atoms with Gasteiger partial charge >= 0.3 is 6.09 Å². The molecule has 2 unspecified atom stereocenters. The zero-order valence-corrected chi connectivity index (χ0v) is 22.4. The van der Waals surface area contributed by atoms with E-state index >= 15 is 0 Å². The number of nitrogens with zero attached hydrogens (tertiary/aromatic N) is 2. The third kappa shape index (κ3) is 9.08. The first-order chi connectivity index (χ1) is 17.3. The van der Waals surface area contributed by atoms with E-state index < -0.39 is 54.5 Å². The van der Waals surface area contributed by atoms with E-state index in [1.165, 1.54) is 0 Å². The summed E-state index contributed by atoms with van der Waals surface area (Å²) in [5.74, 6) is -2.03. The van der Waals surface area contributed by atoms with Gasteiger partial charge in [0, 0.05) is 6.04 Å². The van der Waals surface area contributed by atoms with Crippen molar-refractivity contribution in [3.63, 3.8) is 0 Å². The molecule has 0 aromatic heterocycles. The Morgan fingerprint density at radius 2 is 1.81 bits per heavy atom. The predicted octanol–water partition coefficient (Wildman–Crippen LogP) is 2.91. The summed E-state index contributed by atoms with van der Waals surface area (Å²) in [5, 5.41) is 15.1. The first kappa shape index (κ1) is 29.6. The molecule has 0 heterocycles. The number of nitrogens with one attached hydrogen (secondary N) is 2. The van der Waals surface area contributed by atoms with Crippen molar-refractivity contribution in [2.24, 2.45) is 5.73 Å². The van der Waals surface area contributed by atoms with Crippen LogP contribution >= 0.6 is 0 Å². The molecule has 4 amide bonds. The molecule has 10 heteroatoms. The van der Waals surface area contributed by atoms with Gasteiger partial charge in [-0.3, -0.25) is 14.4 Å². The van der Waals surface area contributed by atoms with Gasteiger partial charge in [0.05, 0.1) is 12.5 Å². The molecule has 0 saturated heterocycles. The van der Waals surface area contributed by atoms with E-state index in [1.807, 2.05) is 32.0 Å². The van der Waals surface area contributed by atoms with Crippen LogP contribution in [0.2, 0.25) is 0 Å². The highest BCUT2D eigenvalue weighted by atomic mass is 16.6. The fourth-order valence-corrected chi connectivity index (χ4v) is 4.53. The molecule has 0 aliphatic heterocycles. The number of benzene rings is 1. The highest BCUT2D eigenvalue weighted by molar-refractivity contribution is 5.94. The number of carbonyl (C=O) groups excluding carboxylic acids is 4. The summed E-state index contributed by atoms with van der Waals surface area (Å²) in [7, 11) is 0. The van der Waals surface area contributed by atoms with Crippen molar-refractivity contribution in [1.29, 1.82) is 5.26 Å². The molecule has 4 N–H and O–H groups in total. The number of carbonyl (C=O) groups is 4. The minimum atomic E-state index is -1.42. The molecule has 1 aliphatic carbocycles. The lowest BCUT2D eigenvalue weighted by Gasteiger charge is -2.34. The van der Waals surface area contributed by atoms with Crippen LogP contribution in [0.3, 0.4) is 0 Å². The predicted molar refractivity (Wildman–Crippen MR) is 138 cm³/mol. The van der Waals surface area contributed by atoms with Crippen LogP contribution in [0, 0.1) is 25.2 Å². The van der Waals surface area contributed by atoms with Gasteiger partial charge in [-0.05, 0) is 58.6 Å². The van der Waals surface area contributed by atoms with Crippen LogP contribution in [0.25, 0.3) is 0 Å². The first-order valence-electron chi connectivity index (χ1n) is 12.6. The van der Waals surface area contributed by atoms with E-state index in [0.29, 0.717) is 5.56 Å². The molecule has 2 rings (SSSR count). The van der Waals surface area contributed by atoms with Gasteiger partial charge in [-0.15, -0.1) is 0 Å². The minimum absolute atomic E-state index is 0.0325. The largest absolute Gasteiger partial charge is 0.444 e. The monoisotopic (exact) mass is 513 g/mol. The molecule has 37 heavy (non-hydrogen) atoms. The molecule has 1 fully saturated rings. The second-order valence-corrected chi connectivity index (χ2v) is 10.6. The van der Waals surface area contributed by atoms with Crippen LogP contribution in [0.5, 0.6) is 0 Å². The lowest BCUT2D eigenvalue weighted by molar-refractivity contribution is -0.143. The summed E-state index contributed by atoms with van der Waals surface area (Å²) in [6.45, 7) is 8.28. The van der Waals surface area contributed by atoms with Gasteiger partial charge in [0.15, 0.2) is 0 Å². The van der Waals surface area contributed by atoms with Crippen LogP contribution in [0.4, 0.5) is 4.79 Å². The maximum Gasteiger partial charge on any atom is 0.408 e. The van der Waals surface area contributed by atoms with Crippen LogP contribution in [-0.2, 0) is 19.1 Å². The van der Waals surface area contributed by atoms with Crippen molar-refractivity contribution in [2.45, 2.75) is 96.9 Å². The molecule has 1 saturated carbocycles. The van der Waals surface area contributed by atoms with Gasteiger partial charge < -0.3 is 26.0 Å². The molecule has 2 atom stereocenters. The highest BCUT2D eigenvalue weighted by Crippen LogP contribution is 2.28. The molecule has 0 radical (unpaired) electrons. The highest BCUT2D eigenvalue weighted by Gasteiger charge is 2.38. The second kappa shape index (κ2) is 13.1. The van der Waals surface area contributed by atoms with Gasteiger partial charge in [0.2, 0.25) is 17.7 Å². The van der Waals surface area contributed by atoms with Crippen LogP contribution < -0.4 is 16.4 Å². The summed E-state index contributed by atoms with van der Waals surface area (Å²) in [6, 6.07) is 4.84. The number of alkyl carbamates (subject to hydrolysis) is 1. The van der Waals surface area contributed by atoms with Crippen molar-refractivity contribution in [1.82, 2.24) is 15.5 Å². The Balaban J connectivity index is 2.48. The number of amides is 4. The summed E-state index contributed by atoms with van der Waals surface area (Å²) in [6.07, 6.45) is 3.34. The molecule has 1 aromatic carbocycles. The van der Waals surface area contributed by atoms with Gasteiger partial charge in [-0.25, -0.2) is 4.79 Å². The van der Waals surface area contributed by atoms with Crippen molar-refractivity contribution >= 4 is 23.8 Å². The van der Waals surface area contributed by atoms with Gasteiger partial charge in [0.1, 0.15) is 24.2 Å². The maximum absolute atomic E-state index is 13.8. The minimum Gasteiger partial charge on any atom is -0.444 e. The summed E-state index contributed by atoms with van der Waals surface area (Å²) >= 11 is 0. The van der Waals surface area contributed by atoms with Crippen LogP contribution in [0.1, 0.15) is 82.0 Å². The lowest BCUT2D eigenvalue weighted by atomic mass is 9.93. The normalized spacial score (nSPS) is 15.6. The molecule has 10 nitrogen and oxygen atoms in total. The fourth-order valence-electron chi connectivity index (χ4n) is 4.53. The number of ether oxygens (including phenoxy) is 1.